The van der Waals surface area contributed by atoms with Crippen molar-refractivity contribution in [3.05, 3.63) is 75.5 Å². The van der Waals surface area contributed by atoms with Crippen molar-refractivity contribution in [3.63, 3.8) is 0 Å². The summed E-state index contributed by atoms with van der Waals surface area (Å²) in [5.41, 5.74) is 3.44. The fraction of sp³-hybridized carbons (Fsp3) is 0.217. The summed E-state index contributed by atoms with van der Waals surface area (Å²) >= 11 is 17.6. The molecule has 3 rings (SSSR count). The van der Waals surface area contributed by atoms with E-state index in [4.69, 9.17) is 40.2 Å². The van der Waals surface area contributed by atoms with Crippen LogP contribution in [-0.4, -0.2) is 34.7 Å². The van der Waals surface area contributed by atoms with E-state index in [0.29, 0.717) is 45.0 Å². The molecule has 3 N–H and O–H groups in total. The van der Waals surface area contributed by atoms with Crippen molar-refractivity contribution in [3.8, 4) is 5.75 Å². The number of aliphatic imine (C=N–C) groups is 1. The molecule has 0 atom stereocenters. The van der Waals surface area contributed by atoms with E-state index >= 15 is 0 Å². The molecule has 0 saturated carbocycles. The van der Waals surface area contributed by atoms with Crippen molar-refractivity contribution in [2.45, 2.75) is 20.3 Å². The lowest BCUT2D eigenvalue weighted by atomic mass is 10.1. The molecule has 1 aromatic heterocycles. The Balaban J connectivity index is 1.75. The number of anilines is 2. The number of aryl methyl sites for hydroxylation is 2. The average molecular weight is 503 g/mol. The molecule has 0 radical (unpaired) electrons. The summed E-state index contributed by atoms with van der Waals surface area (Å²) in [5, 5.41) is 10.9. The fourth-order valence-corrected chi connectivity index (χ4v) is 3.49. The number of nitrogens with zero attached hydrogens (tertiary/aromatic N) is 3. The molecular weight excluding hydrogens is 479 g/mol. The molecule has 2 aromatic carbocycles. The van der Waals surface area contributed by atoms with Gasteiger partial charge in [-0.1, -0.05) is 35.3 Å². The van der Waals surface area contributed by atoms with Gasteiger partial charge in [0.25, 0.3) is 0 Å². The summed E-state index contributed by atoms with van der Waals surface area (Å²) in [4.78, 5) is 13.5. The summed E-state index contributed by atoms with van der Waals surface area (Å²) in [5.74, 6) is 1.44. The number of aromatic nitrogens is 2. The van der Waals surface area contributed by atoms with Gasteiger partial charge in [0.1, 0.15) is 5.75 Å². The minimum absolute atomic E-state index is 0.303. The van der Waals surface area contributed by atoms with Crippen molar-refractivity contribution in [1.29, 1.82) is 0 Å². The second-order valence-electron chi connectivity index (χ2n) is 7.13. The maximum Gasteiger partial charge on any atom is 0.229 e. The van der Waals surface area contributed by atoms with Gasteiger partial charge in [-0.05, 0) is 74.4 Å². The predicted octanol–water partition coefficient (Wildman–Crippen LogP) is 5.41. The Bertz CT molecular complexity index is 1130. The van der Waals surface area contributed by atoms with Crippen LogP contribution in [-0.2, 0) is 6.42 Å². The molecular formula is C23H24Cl2N6OS. The first-order chi connectivity index (χ1) is 15.8. The normalized spacial score (nSPS) is 11.1. The minimum Gasteiger partial charge on any atom is -0.495 e. The Labute approximate surface area is 208 Å². The largest absolute Gasteiger partial charge is 0.495 e. The third-order valence-electron chi connectivity index (χ3n) is 4.44. The lowest BCUT2D eigenvalue weighted by Gasteiger charge is -2.16. The van der Waals surface area contributed by atoms with Gasteiger partial charge in [-0.3, -0.25) is 10.3 Å². The van der Waals surface area contributed by atoms with E-state index in [2.05, 4.69) is 30.9 Å². The highest BCUT2D eigenvalue weighted by Crippen LogP contribution is 2.27. The minimum atomic E-state index is 0.303. The molecule has 0 saturated heterocycles. The van der Waals surface area contributed by atoms with Crippen LogP contribution < -0.4 is 20.7 Å². The summed E-state index contributed by atoms with van der Waals surface area (Å²) in [6.07, 6.45) is 0.722. The number of rotatable bonds is 6. The number of hydrogen-bond acceptors (Lipinski definition) is 5. The molecule has 7 nitrogen and oxygen atoms in total. The van der Waals surface area contributed by atoms with E-state index in [1.54, 1.807) is 25.3 Å². The standard InChI is InChI=1S/C23H24Cl2N6OS/c1-14-12-15(2)28-22(27-14)30-21(26-11-10-16-4-6-17(24)7-5-16)31-23(33)29-19-13-18(25)8-9-20(19)32-3/h4-9,12-13H,10-11H2,1-3H3,(H3,26,27,28,29,30,31,33). The maximum absolute atomic E-state index is 6.12. The monoisotopic (exact) mass is 502 g/mol. The first kappa shape index (κ1) is 24.7. The Morgan fingerprint density at radius 3 is 2.30 bits per heavy atom. The van der Waals surface area contributed by atoms with Gasteiger partial charge in [-0.25, -0.2) is 9.97 Å². The van der Waals surface area contributed by atoms with Gasteiger partial charge in [-0.2, -0.15) is 0 Å². The number of halogens is 2. The van der Waals surface area contributed by atoms with Crippen LogP contribution >= 0.6 is 35.4 Å². The first-order valence-electron chi connectivity index (χ1n) is 10.1. The van der Waals surface area contributed by atoms with Gasteiger partial charge in [0.15, 0.2) is 5.11 Å². The number of methoxy groups -OCH3 is 1. The van der Waals surface area contributed by atoms with Crippen LogP contribution in [0.5, 0.6) is 5.75 Å². The SMILES string of the molecule is COc1ccc(Cl)cc1NC(=S)NC(=NCCc1ccc(Cl)cc1)Nc1nc(C)cc(C)n1. The van der Waals surface area contributed by atoms with Gasteiger partial charge in [0.2, 0.25) is 11.9 Å². The molecule has 3 aromatic rings. The molecule has 0 amide bonds. The van der Waals surface area contributed by atoms with Crippen LogP contribution in [0.3, 0.4) is 0 Å². The predicted molar refractivity (Wildman–Crippen MR) is 140 cm³/mol. The summed E-state index contributed by atoms with van der Waals surface area (Å²) in [7, 11) is 1.58. The smallest absolute Gasteiger partial charge is 0.229 e. The van der Waals surface area contributed by atoms with Crippen molar-refractivity contribution >= 4 is 58.1 Å². The number of thiocarbonyl (C=S) groups is 1. The van der Waals surface area contributed by atoms with Gasteiger partial charge in [-0.15, -0.1) is 0 Å². The second kappa shape index (κ2) is 11.8. The molecule has 0 spiro atoms. The lowest BCUT2D eigenvalue weighted by Crippen LogP contribution is -2.39. The molecule has 10 heteroatoms. The van der Waals surface area contributed by atoms with Crippen molar-refractivity contribution in [2.75, 3.05) is 24.3 Å². The number of hydrogen-bond donors (Lipinski definition) is 3. The quantitative estimate of drug-likeness (QED) is 0.236. The summed E-state index contributed by atoms with van der Waals surface area (Å²) in [6.45, 7) is 4.31. The fourth-order valence-electron chi connectivity index (χ4n) is 2.98. The van der Waals surface area contributed by atoms with Crippen LogP contribution in [0.1, 0.15) is 17.0 Å². The molecule has 0 unspecified atom stereocenters. The van der Waals surface area contributed by atoms with Gasteiger partial charge in [0.05, 0.1) is 12.8 Å². The highest BCUT2D eigenvalue weighted by atomic mass is 35.5. The molecule has 1 heterocycles. The highest BCUT2D eigenvalue weighted by Gasteiger charge is 2.10. The molecule has 0 aliphatic carbocycles. The number of guanidine groups is 1. The zero-order chi connectivity index (χ0) is 23.8. The second-order valence-corrected chi connectivity index (χ2v) is 8.41. The molecule has 0 bridgehead atoms. The van der Waals surface area contributed by atoms with Crippen LogP contribution in [0.25, 0.3) is 0 Å². The molecule has 172 valence electrons. The molecule has 33 heavy (non-hydrogen) atoms. The van der Waals surface area contributed by atoms with Crippen molar-refractivity contribution in [1.82, 2.24) is 15.3 Å². The van der Waals surface area contributed by atoms with E-state index in [-0.39, 0.29) is 0 Å². The molecule has 0 aliphatic heterocycles. The number of benzene rings is 2. The first-order valence-corrected chi connectivity index (χ1v) is 11.3. The zero-order valence-electron chi connectivity index (χ0n) is 18.4. The average Bonchev–Trinajstić information content (AvgIpc) is 2.74. The third kappa shape index (κ3) is 7.85. The Kier molecular flexibility index (Phi) is 8.82. The Morgan fingerprint density at radius 1 is 0.970 bits per heavy atom. The number of ether oxygens (including phenoxy) is 1. The molecule has 0 aliphatic rings. The highest BCUT2D eigenvalue weighted by molar-refractivity contribution is 7.80. The van der Waals surface area contributed by atoms with Crippen molar-refractivity contribution < 1.29 is 4.74 Å². The van der Waals surface area contributed by atoms with E-state index in [1.165, 1.54) is 0 Å². The van der Waals surface area contributed by atoms with Gasteiger partial charge >= 0.3 is 0 Å². The third-order valence-corrected chi connectivity index (χ3v) is 5.13. The summed E-state index contributed by atoms with van der Waals surface area (Å²) in [6, 6.07) is 14.8. The maximum atomic E-state index is 6.12. The molecule has 0 fully saturated rings. The van der Waals surface area contributed by atoms with E-state index < -0.39 is 0 Å². The zero-order valence-corrected chi connectivity index (χ0v) is 20.8. The van der Waals surface area contributed by atoms with Crippen LogP contribution in [0.4, 0.5) is 11.6 Å². The van der Waals surface area contributed by atoms with E-state index in [1.807, 2.05) is 44.2 Å². The Hall–Kier alpha value is -2.94. The topological polar surface area (TPSA) is 83.5 Å². The van der Waals surface area contributed by atoms with E-state index in [9.17, 15) is 0 Å². The summed E-state index contributed by atoms with van der Waals surface area (Å²) < 4.78 is 5.37. The Morgan fingerprint density at radius 2 is 1.64 bits per heavy atom. The van der Waals surface area contributed by atoms with Crippen molar-refractivity contribution in [2.24, 2.45) is 4.99 Å². The number of nitrogens with one attached hydrogen (secondary N) is 3. The lowest BCUT2D eigenvalue weighted by molar-refractivity contribution is 0.417. The van der Waals surface area contributed by atoms with Gasteiger partial charge in [0, 0.05) is 28.0 Å². The van der Waals surface area contributed by atoms with E-state index in [0.717, 1.165) is 23.4 Å². The van der Waals surface area contributed by atoms with Gasteiger partial charge < -0.3 is 15.4 Å². The van der Waals surface area contributed by atoms with Crippen LogP contribution in [0.2, 0.25) is 10.0 Å². The van der Waals surface area contributed by atoms with Crippen LogP contribution in [0.15, 0.2) is 53.5 Å². The van der Waals surface area contributed by atoms with Crippen LogP contribution in [0, 0.1) is 13.8 Å².